The first-order valence-corrected chi connectivity index (χ1v) is 22.9. The van der Waals surface area contributed by atoms with Gasteiger partial charge in [-0.2, -0.15) is 0 Å². The number of hydrogen-bond donors (Lipinski definition) is 3. The highest BCUT2D eigenvalue weighted by atomic mass is 16.6. The molecule has 328 valence electrons. The Labute approximate surface area is 342 Å². The van der Waals surface area contributed by atoms with Gasteiger partial charge in [0.05, 0.1) is 26.4 Å². The molecular formula is C46H86N2O8. The SMILES string of the molecule is CCCCCCCCC=CCCCCCCCC(=O)OC(COCCN(CCO)CCO)C(OC(=O)CCCCCCCC=CCCCCCCCC)C(N)=O. The van der Waals surface area contributed by atoms with Crippen molar-refractivity contribution in [3.8, 4) is 0 Å². The number of esters is 2. The molecule has 0 aliphatic rings. The maximum absolute atomic E-state index is 12.9. The summed E-state index contributed by atoms with van der Waals surface area (Å²) in [6.07, 6.45) is 36.8. The lowest BCUT2D eigenvalue weighted by molar-refractivity contribution is -0.176. The molecule has 0 saturated heterocycles. The first kappa shape index (κ1) is 53.7. The fourth-order valence-electron chi connectivity index (χ4n) is 6.62. The van der Waals surface area contributed by atoms with Crippen LogP contribution in [0.25, 0.3) is 0 Å². The minimum absolute atomic E-state index is 0.0625. The Kier molecular flexibility index (Phi) is 40.6. The normalized spacial score (nSPS) is 12.9. The van der Waals surface area contributed by atoms with Crippen LogP contribution in [0, 0.1) is 0 Å². The number of nitrogens with zero attached hydrogens (tertiary/aromatic N) is 1. The number of carbonyl (C=O) groups is 3. The molecule has 10 heteroatoms. The van der Waals surface area contributed by atoms with Crippen molar-refractivity contribution in [2.75, 3.05) is 46.1 Å². The van der Waals surface area contributed by atoms with Gasteiger partial charge in [0.1, 0.15) is 0 Å². The molecule has 56 heavy (non-hydrogen) atoms. The summed E-state index contributed by atoms with van der Waals surface area (Å²) in [4.78, 5) is 40.0. The number of nitrogens with two attached hydrogens (primary N) is 1. The maximum atomic E-state index is 12.9. The summed E-state index contributed by atoms with van der Waals surface area (Å²) in [5.74, 6) is -1.94. The average Bonchev–Trinajstić information content (AvgIpc) is 3.18. The number of primary amides is 1. The first-order valence-electron chi connectivity index (χ1n) is 22.9. The summed E-state index contributed by atoms with van der Waals surface area (Å²) in [6, 6.07) is 0. The Balaban J connectivity index is 4.65. The van der Waals surface area contributed by atoms with E-state index in [4.69, 9.17) is 19.9 Å². The van der Waals surface area contributed by atoms with Crippen molar-refractivity contribution in [1.82, 2.24) is 4.90 Å². The number of unbranched alkanes of at least 4 members (excludes halogenated alkanes) is 22. The van der Waals surface area contributed by atoms with Gasteiger partial charge >= 0.3 is 11.9 Å². The third kappa shape index (κ3) is 36.1. The Morgan fingerprint density at radius 2 is 0.911 bits per heavy atom. The van der Waals surface area contributed by atoms with Gasteiger partial charge in [-0.25, -0.2) is 0 Å². The second kappa shape index (κ2) is 42.3. The zero-order valence-electron chi connectivity index (χ0n) is 36.1. The summed E-state index contributed by atoms with van der Waals surface area (Å²) in [5, 5.41) is 18.6. The summed E-state index contributed by atoms with van der Waals surface area (Å²) in [7, 11) is 0. The molecular weight excluding hydrogens is 709 g/mol. The number of rotatable bonds is 43. The summed E-state index contributed by atoms with van der Waals surface area (Å²) < 4.78 is 17.0. The molecule has 0 radical (unpaired) electrons. The number of aliphatic hydroxyl groups is 2. The molecule has 0 rings (SSSR count). The Hall–Kier alpha value is -2.27. The highest BCUT2D eigenvalue weighted by molar-refractivity contribution is 5.83. The highest BCUT2D eigenvalue weighted by Gasteiger charge is 2.34. The standard InChI is InChI=1S/C46H86N2O8/c1-3-5-7-9-11-13-15-17-19-21-23-25-27-29-31-33-43(51)55-42(41-54-40-37-48(35-38-49)36-39-50)45(46(47)53)56-44(52)34-32-30-28-26-24-22-20-18-16-14-12-10-8-6-4-2/h17-20,42,45,49-50H,3-16,21-41H2,1-2H3,(H2,47,53). The van der Waals surface area contributed by atoms with Crippen molar-refractivity contribution < 1.29 is 38.8 Å². The van der Waals surface area contributed by atoms with Crippen LogP contribution in [-0.4, -0.2) is 91.2 Å². The Bertz CT molecular complexity index is 953. The third-order valence-corrected chi connectivity index (χ3v) is 10.1. The number of allylic oxidation sites excluding steroid dienone is 4. The monoisotopic (exact) mass is 795 g/mol. The number of amides is 1. The maximum Gasteiger partial charge on any atom is 0.306 e. The van der Waals surface area contributed by atoms with E-state index < -0.39 is 30.1 Å². The molecule has 0 fully saturated rings. The molecule has 0 bridgehead atoms. The predicted octanol–water partition coefficient (Wildman–Crippen LogP) is 9.67. The average molecular weight is 795 g/mol. The van der Waals surface area contributed by atoms with Crippen LogP contribution in [0.4, 0.5) is 0 Å². The predicted molar refractivity (Wildman–Crippen MR) is 229 cm³/mol. The molecule has 0 aromatic heterocycles. The first-order chi connectivity index (χ1) is 27.4. The second-order valence-corrected chi connectivity index (χ2v) is 15.4. The molecule has 1 amide bonds. The molecule has 0 spiro atoms. The van der Waals surface area contributed by atoms with Gasteiger partial charge in [-0.1, -0.05) is 141 Å². The number of ether oxygens (including phenoxy) is 3. The molecule has 0 heterocycles. The van der Waals surface area contributed by atoms with Crippen LogP contribution in [0.15, 0.2) is 24.3 Å². The lowest BCUT2D eigenvalue weighted by Crippen LogP contribution is -2.47. The van der Waals surface area contributed by atoms with Crippen molar-refractivity contribution in [2.24, 2.45) is 5.73 Å². The van der Waals surface area contributed by atoms with E-state index in [1.807, 2.05) is 4.90 Å². The third-order valence-electron chi connectivity index (χ3n) is 10.1. The molecule has 0 aromatic carbocycles. The van der Waals surface area contributed by atoms with Crippen LogP contribution >= 0.6 is 0 Å². The minimum atomic E-state index is -1.46. The lowest BCUT2D eigenvalue weighted by Gasteiger charge is -2.26. The van der Waals surface area contributed by atoms with Gasteiger partial charge in [0.2, 0.25) is 6.10 Å². The molecule has 0 saturated carbocycles. The van der Waals surface area contributed by atoms with Crippen molar-refractivity contribution in [3.63, 3.8) is 0 Å². The fourth-order valence-corrected chi connectivity index (χ4v) is 6.62. The van der Waals surface area contributed by atoms with E-state index in [1.54, 1.807) is 0 Å². The van der Waals surface area contributed by atoms with E-state index in [0.717, 1.165) is 64.2 Å². The van der Waals surface area contributed by atoms with E-state index in [9.17, 15) is 24.6 Å². The minimum Gasteiger partial charge on any atom is -0.455 e. The van der Waals surface area contributed by atoms with Crippen LogP contribution in [0.3, 0.4) is 0 Å². The summed E-state index contributed by atoms with van der Waals surface area (Å²) in [6.45, 7) is 5.53. The van der Waals surface area contributed by atoms with E-state index in [0.29, 0.717) is 32.5 Å². The van der Waals surface area contributed by atoms with Crippen LogP contribution in [0.2, 0.25) is 0 Å². The van der Waals surface area contributed by atoms with E-state index in [-0.39, 0.29) is 39.3 Å². The van der Waals surface area contributed by atoms with Crippen LogP contribution in [0.1, 0.15) is 194 Å². The fraction of sp³-hybridized carbons (Fsp3) is 0.848. The van der Waals surface area contributed by atoms with Crippen molar-refractivity contribution >= 4 is 17.8 Å². The molecule has 0 aromatic rings. The largest absolute Gasteiger partial charge is 0.455 e. The van der Waals surface area contributed by atoms with Gasteiger partial charge in [-0.15, -0.1) is 0 Å². The topological polar surface area (TPSA) is 149 Å². The number of carbonyl (C=O) groups excluding carboxylic acids is 3. The Morgan fingerprint density at radius 1 is 0.536 bits per heavy atom. The highest BCUT2D eigenvalue weighted by Crippen LogP contribution is 2.15. The van der Waals surface area contributed by atoms with Crippen LogP contribution < -0.4 is 5.73 Å². The number of aliphatic hydroxyl groups excluding tert-OH is 2. The molecule has 4 N–H and O–H groups in total. The van der Waals surface area contributed by atoms with E-state index in [1.165, 1.54) is 89.9 Å². The Morgan fingerprint density at radius 3 is 1.30 bits per heavy atom. The summed E-state index contributed by atoms with van der Waals surface area (Å²) >= 11 is 0. The smallest absolute Gasteiger partial charge is 0.306 e. The summed E-state index contributed by atoms with van der Waals surface area (Å²) in [5.41, 5.74) is 5.68. The second-order valence-electron chi connectivity index (χ2n) is 15.4. The van der Waals surface area contributed by atoms with E-state index in [2.05, 4.69) is 38.2 Å². The van der Waals surface area contributed by atoms with Gasteiger partial charge in [0, 0.05) is 32.5 Å². The van der Waals surface area contributed by atoms with Gasteiger partial charge in [0.25, 0.3) is 5.91 Å². The molecule has 0 aliphatic carbocycles. The number of hydrogen-bond acceptors (Lipinski definition) is 9. The van der Waals surface area contributed by atoms with Gasteiger partial charge in [0.15, 0.2) is 6.10 Å². The van der Waals surface area contributed by atoms with Crippen molar-refractivity contribution in [2.45, 2.75) is 206 Å². The zero-order chi connectivity index (χ0) is 41.2. The van der Waals surface area contributed by atoms with Crippen molar-refractivity contribution in [3.05, 3.63) is 24.3 Å². The van der Waals surface area contributed by atoms with Crippen LogP contribution in [-0.2, 0) is 28.6 Å². The van der Waals surface area contributed by atoms with Gasteiger partial charge < -0.3 is 30.2 Å². The zero-order valence-corrected chi connectivity index (χ0v) is 36.1. The quantitative estimate of drug-likeness (QED) is 0.0312. The van der Waals surface area contributed by atoms with E-state index >= 15 is 0 Å². The van der Waals surface area contributed by atoms with Crippen molar-refractivity contribution in [1.29, 1.82) is 0 Å². The van der Waals surface area contributed by atoms with Gasteiger partial charge in [-0.05, 0) is 64.2 Å². The molecule has 0 aliphatic heterocycles. The lowest BCUT2D eigenvalue weighted by atomic mass is 10.1. The molecule has 2 unspecified atom stereocenters. The molecule has 10 nitrogen and oxygen atoms in total. The molecule has 2 atom stereocenters. The van der Waals surface area contributed by atoms with Gasteiger partial charge in [-0.3, -0.25) is 19.3 Å². The van der Waals surface area contributed by atoms with Crippen LogP contribution in [0.5, 0.6) is 0 Å².